The summed E-state index contributed by atoms with van der Waals surface area (Å²) in [5, 5.41) is 5.13. The number of thiazole rings is 1. The van der Waals surface area contributed by atoms with Crippen LogP contribution in [0.15, 0.2) is 29.1 Å². The fraction of sp³-hybridized carbons (Fsp3) is 0.385. The Morgan fingerprint density at radius 2 is 2.33 bits per heavy atom. The van der Waals surface area contributed by atoms with E-state index < -0.39 is 0 Å². The minimum Gasteiger partial charge on any atom is -0.337 e. The number of aromatic nitrogens is 1. The molecule has 0 radical (unpaired) electrons. The van der Waals surface area contributed by atoms with E-state index in [1.165, 1.54) is 16.3 Å². The van der Waals surface area contributed by atoms with Gasteiger partial charge in [-0.2, -0.15) is 0 Å². The van der Waals surface area contributed by atoms with Gasteiger partial charge >= 0.3 is 0 Å². The van der Waals surface area contributed by atoms with Crippen molar-refractivity contribution in [1.29, 1.82) is 0 Å². The largest absolute Gasteiger partial charge is 0.337 e. The van der Waals surface area contributed by atoms with Gasteiger partial charge in [0.25, 0.3) is 5.91 Å². The molecule has 1 aliphatic heterocycles. The highest BCUT2D eigenvalue weighted by Gasteiger charge is 2.27. The Morgan fingerprint density at radius 3 is 3.06 bits per heavy atom. The van der Waals surface area contributed by atoms with Crippen LogP contribution >= 0.6 is 22.7 Å². The van der Waals surface area contributed by atoms with E-state index in [4.69, 9.17) is 0 Å². The summed E-state index contributed by atoms with van der Waals surface area (Å²) in [6.07, 6.45) is 4.06. The van der Waals surface area contributed by atoms with Crippen LogP contribution in [-0.4, -0.2) is 28.9 Å². The maximum atomic E-state index is 12.3. The Labute approximate surface area is 114 Å². The number of carbonyl (C=O) groups excluding carboxylic acids is 1. The smallest absolute Gasteiger partial charge is 0.263 e. The van der Waals surface area contributed by atoms with Gasteiger partial charge in [-0.15, -0.1) is 22.7 Å². The van der Waals surface area contributed by atoms with Crippen LogP contribution in [0.4, 0.5) is 0 Å². The van der Waals surface area contributed by atoms with Crippen LogP contribution in [0.2, 0.25) is 0 Å². The molecule has 0 saturated carbocycles. The molecular weight excluding hydrogens is 264 g/mol. The molecule has 1 amide bonds. The Kier molecular flexibility index (Phi) is 3.43. The summed E-state index contributed by atoms with van der Waals surface area (Å²) in [7, 11) is 0. The molecule has 94 valence electrons. The predicted molar refractivity (Wildman–Crippen MR) is 74.3 cm³/mol. The van der Waals surface area contributed by atoms with Gasteiger partial charge in [-0.25, -0.2) is 4.98 Å². The van der Waals surface area contributed by atoms with Gasteiger partial charge in [-0.05, 0) is 24.3 Å². The Morgan fingerprint density at radius 1 is 1.39 bits per heavy atom. The normalized spacial score (nSPS) is 20.0. The number of piperidine rings is 1. The van der Waals surface area contributed by atoms with Crippen LogP contribution in [0, 0.1) is 0 Å². The summed E-state index contributed by atoms with van der Waals surface area (Å²) in [5.41, 5.74) is 0. The SMILES string of the molecule is O=C(c1cccs1)N1CCCC(c2nccs2)C1. The first-order chi connectivity index (χ1) is 8.84. The third-order valence-corrected chi connectivity index (χ3v) is 5.04. The van der Waals surface area contributed by atoms with Crippen molar-refractivity contribution in [3.05, 3.63) is 39.0 Å². The van der Waals surface area contributed by atoms with E-state index in [9.17, 15) is 4.79 Å². The topological polar surface area (TPSA) is 33.2 Å². The van der Waals surface area contributed by atoms with Crippen LogP contribution in [0.5, 0.6) is 0 Å². The molecule has 0 aromatic carbocycles. The summed E-state index contributed by atoms with van der Waals surface area (Å²) in [6.45, 7) is 1.68. The molecule has 1 atom stereocenters. The summed E-state index contributed by atoms with van der Waals surface area (Å²) in [6, 6.07) is 3.83. The fourth-order valence-electron chi connectivity index (χ4n) is 2.36. The van der Waals surface area contributed by atoms with Gasteiger partial charge < -0.3 is 4.90 Å². The number of amides is 1. The monoisotopic (exact) mass is 278 g/mol. The minimum atomic E-state index is 0.172. The van der Waals surface area contributed by atoms with Crippen molar-refractivity contribution in [2.24, 2.45) is 0 Å². The van der Waals surface area contributed by atoms with Crippen molar-refractivity contribution < 1.29 is 4.79 Å². The van der Waals surface area contributed by atoms with Crippen LogP contribution in [0.25, 0.3) is 0 Å². The van der Waals surface area contributed by atoms with E-state index in [2.05, 4.69) is 4.98 Å². The number of hydrogen-bond donors (Lipinski definition) is 0. The van der Waals surface area contributed by atoms with Crippen molar-refractivity contribution in [1.82, 2.24) is 9.88 Å². The van der Waals surface area contributed by atoms with Crippen LogP contribution in [0.1, 0.15) is 33.4 Å². The quantitative estimate of drug-likeness (QED) is 0.845. The zero-order valence-electron chi connectivity index (χ0n) is 9.91. The molecule has 2 aromatic rings. The van der Waals surface area contributed by atoms with E-state index >= 15 is 0 Å². The van der Waals surface area contributed by atoms with Gasteiger partial charge in [-0.1, -0.05) is 6.07 Å². The molecule has 0 N–H and O–H groups in total. The summed E-state index contributed by atoms with van der Waals surface area (Å²) < 4.78 is 0. The van der Waals surface area contributed by atoms with E-state index in [1.54, 1.807) is 11.3 Å². The molecule has 1 fully saturated rings. The molecule has 3 rings (SSSR count). The van der Waals surface area contributed by atoms with Crippen molar-refractivity contribution in [3.63, 3.8) is 0 Å². The molecule has 1 saturated heterocycles. The highest BCUT2D eigenvalue weighted by molar-refractivity contribution is 7.12. The lowest BCUT2D eigenvalue weighted by Gasteiger charge is -2.31. The van der Waals surface area contributed by atoms with Gasteiger partial charge in [0.2, 0.25) is 0 Å². The molecular formula is C13H14N2OS2. The highest BCUT2D eigenvalue weighted by Crippen LogP contribution is 2.29. The molecule has 18 heavy (non-hydrogen) atoms. The molecule has 0 bridgehead atoms. The maximum Gasteiger partial charge on any atom is 0.263 e. The average Bonchev–Trinajstić information content (AvgIpc) is 3.11. The first-order valence-electron chi connectivity index (χ1n) is 6.07. The molecule has 2 aromatic heterocycles. The second-order valence-corrected chi connectivity index (χ2v) is 6.31. The maximum absolute atomic E-state index is 12.3. The number of likely N-dealkylation sites (tertiary alicyclic amines) is 1. The minimum absolute atomic E-state index is 0.172. The Bertz CT molecular complexity index is 507. The van der Waals surface area contributed by atoms with E-state index in [-0.39, 0.29) is 5.91 Å². The standard InChI is InChI=1S/C13H14N2OS2/c16-13(11-4-2-7-17-11)15-6-1-3-10(9-15)12-14-5-8-18-12/h2,4-5,7-8,10H,1,3,6,9H2. The number of rotatable bonds is 2. The lowest BCUT2D eigenvalue weighted by Crippen LogP contribution is -2.38. The van der Waals surface area contributed by atoms with Crippen molar-refractivity contribution in [3.8, 4) is 0 Å². The summed E-state index contributed by atoms with van der Waals surface area (Å²) >= 11 is 3.21. The number of carbonyl (C=O) groups is 1. The van der Waals surface area contributed by atoms with Gasteiger partial charge in [0.15, 0.2) is 0 Å². The molecule has 5 heteroatoms. The molecule has 1 aliphatic rings. The van der Waals surface area contributed by atoms with Gasteiger partial charge in [-0.3, -0.25) is 4.79 Å². The van der Waals surface area contributed by atoms with E-state index in [0.717, 1.165) is 30.8 Å². The number of nitrogens with zero attached hydrogens (tertiary/aromatic N) is 2. The van der Waals surface area contributed by atoms with Crippen LogP contribution in [0.3, 0.4) is 0 Å². The van der Waals surface area contributed by atoms with Gasteiger partial charge in [0, 0.05) is 30.6 Å². The molecule has 0 aliphatic carbocycles. The first kappa shape index (κ1) is 11.9. The Hall–Kier alpha value is -1.20. The van der Waals surface area contributed by atoms with Gasteiger partial charge in [0.05, 0.1) is 9.88 Å². The van der Waals surface area contributed by atoms with Crippen molar-refractivity contribution in [2.45, 2.75) is 18.8 Å². The van der Waals surface area contributed by atoms with Crippen LogP contribution < -0.4 is 0 Å². The molecule has 1 unspecified atom stereocenters. The number of hydrogen-bond acceptors (Lipinski definition) is 4. The van der Waals surface area contributed by atoms with Crippen molar-refractivity contribution >= 4 is 28.6 Å². The second-order valence-electron chi connectivity index (χ2n) is 4.44. The van der Waals surface area contributed by atoms with E-state index in [1.807, 2.05) is 34.0 Å². The predicted octanol–water partition coefficient (Wildman–Crippen LogP) is 3.22. The van der Waals surface area contributed by atoms with Crippen molar-refractivity contribution in [2.75, 3.05) is 13.1 Å². The highest BCUT2D eigenvalue weighted by atomic mass is 32.1. The zero-order valence-corrected chi connectivity index (χ0v) is 11.5. The fourth-order valence-corrected chi connectivity index (χ4v) is 3.81. The molecule has 3 nitrogen and oxygen atoms in total. The molecule has 3 heterocycles. The Balaban J connectivity index is 1.73. The third kappa shape index (κ3) is 2.33. The zero-order chi connectivity index (χ0) is 12.4. The summed E-state index contributed by atoms with van der Waals surface area (Å²) in [4.78, 5) is 19.5. The van der Waals surface area contributed by atoms with Gasteiger partial charge in [0.1, 0.15) is 0 Å². The lowest BCUT2D eigenvalue weighted by atomic mass is 9.98. The third-order valence-electron chi connectivity index (χ3n) is 3.24. The molecule has 0 spiro atoms. The van der Waals surface area contributed by atoms with E-state index in [0.29, 0.717) is 5.92 Å². The lowest BCUT2D eigenvalue weighted by molar-refractivity contribution is 0.0712. The second kappa shape index (κ2) is 5.20. The van der Waals surface area contributed by atoms with Crippen LogP contribution in [-0.2, 0) is 0 Å². The average molecular weight is 278 g/mol. The first-order valence-corrected chi connectivity index (χ1v) is 7.82. The summed E-state index contributed by atoms with van der Waals surface area (Å²) in [5.74, 6) is 0.592. The number of thiophene rings is 1.